The first-order valence-corrected chi connectivity index (χ1v) is 10.7. The van der Waals surface area contributed by atoms with Crippen LogP contribution in [0.3, 0.4) is 0 Å². The molecule has 6 nitrogen and oxygen atoms in total. The molecule has 0 spiro atoms. The van der Waals surface area contributed by atoms with E-state index in [9.17, 15) is 9.18 Å². The van der Waals surface area contributed by atoms with Gasteiger partial charge in [-0.05, 0) is 54.6 Å². The molecule has 5 rings (SSSR count). The van der Waals surface area contributed by atoms with Gasteiger partial charge in [-0.1, -0.05) is 29.8 Å². The monoisotopic (exact) mass is 473 g/mol. The zero-order valence-electron chi connectivity index (χ0n) is 17.7. The van der Waals surface area contributed by atoms with Gasteiger partial charge in [-0.2, -0.15) is 0 Å². The van der Waals surface area contributed by atoms with Crippen molar-refractivity contribution in [1.29, 1.82) is 0 Å². The van der Waals surface area contributed by atoms with Crippen LogP contribution in [0, 0.1) is 5.82 Å². The van der Waals surface area contributed by atoms with Crippen molar-refractivity contribution < 1.29 is 18.3 Å². The fourth-order valence-corrected chi connectivity index (χ4v) is 3.72. The summed E-state index contributed by atoms with van der Waals surface area (Å²) in [5.41, 5.74) is 2.66. The van der Waals surface area contributed by atoms with E-state index in [0.717, 1.165) is 16.5 Å². The second-order valence-electron chi connectivity index (χ2n) is 7.42. The Balaban J connectivity index is 1.39. The SMILES string of the molecule is O=Cc1ccc(-c2ccc3ncnc(Nc4ccc(OCc5ccccc5F)c(Cl)c4)c3c2)o1. The first-order valence-electron chi connectivity index (χ1n) is 10.3. The van der Waals surface area contributed by atoms with Crippen molar-refractivity contribution in [1.82, 2.24) is 9.97 Å². The Morgan fingerprint density at radius 1 is 1.03 bits per heavy atom. The third-order valence-electron chi connectivity index (χ3n) is 5.20. The minimum Gasteiger partial charge on any atom is -0.487 e. The van der Waals surface area contributed by atoms with Gasteiger partial charge in [0.1, 0.15) is 36.1 Å². The number of anilines is 2. The number of nitrogens with one attached hydrogen (secondary N) is 1. The van der Waals surface area contributed by atoms with E-state index in [4.69, 9.17) is 20.8 Å². The van der Waals surface area contributed by atoms with Gasteiger partial charge in [0, 0.05) is 22.2 Å². The number of hydrogen-bond acceptors (Lipinski definition) is 6. The van der Waals surface area contributed by atoms with E-state index in [2.05, 4.69) is 15.3 Å². The molecule has 1 N–H and O–H groups in total. The molecule has 0 aliphatic heterocycles. The second kappa shape index (κ2) is 9.33. The number of rotatable bonds is 7. The Hall–Kier alpha value is -4.23. The number of nitrogens with zero attached hydrogens (tertiary/aromatic N) is 2. The Morgan fingerprint density at radius 3 is 2.71 bits per heavy atom. The van der Waals surface area contributed by atoms with Crippen LogP contribution in [0.15, 0.2) is 83.5 Å². The van der Waals surface area contributed by atoms with E-state index >= 15 is 0 Å². The number of carbonyl (C=O) groups is 1. The van der Waals surface area contributed by atoms with Gasteiger partial charge in [-0.3, -0.25) is 4.79 Å². The lowest BCUT2D eigenvalue weighted by Gasteiger charge is -2.12. The van der Waals surface area contributed by atoms with E-state index in [1.54, 1.807) is 48.5 Å². The molecular weight excluding hydrogens is 457 g/mol. The van der Waals surface area contributed by atoms with Crippen LogP contribution in [-0.2, 0) is 6.61 Å². The lowest BCUT2D eigenvalue weighted by Crippen LogP contribution is -2.00. The molecule has 0 amide bonds. The highest BCUT2D eigenvalue weighted by atomic mass is 35.5. The fourth-order valence-electron chi connectivity index (χ4n) is 3.48. The normalized spacial score (nSPS) is 10.9. The lowest BCUT2D eigenvalue weighted by molar-refractivity contribution is 0.110. The van der Waals surface area contributed by atoms with Gasteiger partial charge >= 0.3 is 0 Å². The van der Waals surface area contributed by atoms with Gasteiger partial charge in [-0.25, -0.2) is 14.4 Å². The molecule has 8 heteroatoms. The van der Waals surface area contributed by atoms with E-state index in [1.807, 2.05) is 18.2 Å². The minimum absolute atomic E-state index is 0.0666. The molecule has 0 atom stereocenters. The number of furan rings is 1. The van der Waals surface area contributed by atoms with Crippen LogP contribution in [0.2, 0.25) is 5.02 Å². The summed E-state index contributed by atoms with van der Waals surface area (Å²) in [4.78, 5) is 19.6. The molecule has 0 unspecified atom stereocenters. The largest absolute Gasteiger partial charge is 0.487 e. The average molecular weight is 474 g/mol. The van der Waals surface area contributed by atoms with Crippen molar-refractivity contribution in [3.63, 3.8) is 0 Å². The van der Waals surface area contributed by atoms with Crippen molar-refractivity contribution in [3.05, 3.63) is 101 Å². The summed E-state index contributed by atoms with van der Waals surface area (Å²) >= 11 is 6.41. The average Bonchev–Trinajstić information content (AvgIpc) is 3.34. The quantitative estimate of drug-likeness (QED) is 0.261. The number of benzene rings is 3. The van der Waals surface area contributed by atoms with Crippen LogP contribution in [0.25, 0.3) is 22.2 Å². The molecule has 3 aromatic carbocycles. The van der Waals surface area contributed by atoms with E-state index in [-0.39, 0.29) is 18.2 Å². The molecule has 0 saturated carbocycles. The predicted molar refractivity (Wildman–Crippen MR) is 128 cm³/mol. The van der Waals surface area contributed by atoms with Crippen molar-refractivity contribution >= 4 is 40.3 Å². The Morgan fingerprint density at radius 2 is 1.91 bits per heavy atom. The summed E-state index contributed by atoms with van der Waals surface area (Å²) in [6.07, 6.45) is 2.13. The molecule has 0 fully saturated rings. The molecule has 168 valence electrons. The maximum absolute atomic E-state index is 13.8. The minimum atomic E-state index is -0.330. The summed E-state index contributed by atoms with van der Waals surface area (Å²) in [5.74, 6) is 1.51. The van der Waals surface area contributed by atoms with Gasteiger partial charge < -0.3 is 14.5 Å². The second-order valence-corrected chi connectivity index (χ2v) is 7.83. The third-order valence-corrected chi connectivity index (χ3v) is 5.49. The number of carbonyl (C=O) groups excluding carboxylic acids is 1. The molecule has 5 aromatic rings. The topological polar surface area (TPSA) is 77.2 Å². The van der Waals surface area contributed by atoms with Crippen LogP contribution < -0.4 is 10.1 Å². The van der Waals surface area contributed by atoms with Gasteiger partial charge in [0.15, 0.2) is 12.0 Å². The van der Waals surface area contributed by atoms with Crippen LogP contribution in [0.4, 0.5) is 15.9 Å². The molecule has 2 heterocycles. The highest BCUT2D eigenvalue weighted by Crippen LogP contribution is 2.32. The zero-order valence-corrected chi connectivity index (χ0v) is 18.4. The first kappa shape index (κ1) is 21.6. The van der Waals surface area contributed by atoms with Crippen LogP contribution in [0.1, 0.15) is 16.1 Å². The molecule has 0 saturated heterocycles. The van der Waals surface area contributed by atoms with Crippen molar-refractivity contribution in [2.24, 2.45) is 0 Å². The van der Waals surface area contributed by atoms with E-state index < -0.39 is 0 Å². The highest BCUT2D eigenvalue weighted by Gasteiger charge is 2.11. The molecule has 2 aromatic heterocycles. The molecule has 0 aliphatic rings. The summed E-state index contributed by atoms with van der Waals surface area (Å²) in [6.45, 7) is 0.0666. The number of halogens is 2. The summed E-state index contributed by atoms with van der Waals surface area (Å²) in [5, 5.41) is 4.39. The van der Waals surface area contributed by atoms with Gasteiger partial charge in [-0.15, -0.1) is 0 Å². The van der Waals surface area contributed by atoms with E-state index in [1.165, 1.54) is 12.4 Å². The number of aldehydes is 1. The maximum atomic E-state index is 13.8. The van der Waals surface area contributed by atoms with Crippen molar-refractivity contribution in [3.8, 4) is 17.1 Å². The third kappa shape index (κ3) is 4.46. The molecular formula is C26H17ClFN3O3. The highest BCUT2D eigenvalue weighted by molar-refractivity contribution is 6.32. The van der Waals surface area contributed by atoms with Gasteiger partial charge in [0.25, 0.3) is 0 Å². The van der Waals surface area contributed by atoms with Crippen LogP contribution in [0.5, 0.6) is 5.75 Å². The molecule has 34 heavy (non-hydrogen) atoms. The Kier molecular flexibility index (Phi) is 5.93. The van der Waals surface area contributed by atoms with Crippen molar-refractivity contribution in [2.45, 2.75) is 6.61 Å². The summed E-state index contributed by atoms with van der Waals surface area (Å²) < 4.78 is 25.1. The molecule has 0 radical (unpaired) electrons. The summed E-state index contributed by atoms with van der Waals surface area (Å²) in [6, 6.07) is 20.6. The first-order chi connectivity index (χ1) is 16.6. The predicted octanol–water partition coefficient (Wildman–Crippen LogP) is 6.82. The smallest absolute Gasteiger partial charge is 0.185 e. The zero-order chi connectivity index (χ0) is 23.5. The summed E-state index contributed by atoms with van der Waals surface area (Å²) in [7, 11) is 0. The number of ether oxygens (including phenoxy) is 1. The van der Waals surface area contributed by atoms with Crippen LogP contribution >= 0.6 is 11.6 Å². The number of fused-ring (bicyclic) bond motifs is 1. The fraction of sp³-hybridized carbons (Fsp3) is 0.0385. The van der Waals surface area contributed by atoms with Gasteiger partial charge in [0.2, 0.25) is 0 Å². The maximum Gasteiger partial charge on any atom is 0.185 e. The number of aromatic nitrogens is 2. The Bertz CT molecular complexity index is 1500. The standard InChI is InChI=1S/C26H17ClFN3O3/c27-21-12-18(6-9-25(21)33-14-17-3-1-2-4-22(17)28)31-26-20-11-16(5-8-23(20)29-15-30-26)24-10-7-19(13-32)34-24/h1-13,15H,14H2,(H,29,30,31). The van der Waals surface area contributed by atoms with E-state index in [0.29, 0.717) is 39.9 Å². The Labute approximate surface area is 199 Å². The lowest BCUT2D eigenvalue weighted by atomic mass is 10.1. The molecule has 0 bridgehead atoms. The van der Waals surface area contributed by atoms with Gasteiger partial charge in [0.05, 0.1) is 10.5 Å². The van der Waals surface area contributed by atoms with Crippen molar-refractivity contribution in [2.75, 3.05) is 5.32 Å². The number of hydrogen-bond donors (Lipinski definition) is 1. The van der Waals surface area contributed by atoms with Crippen LogP contribution in [-0.4, -0.2) is 16.3 Å². The molecule has 0 aliphatic carbocycles.